The molecule has 4 rings (SSSR count). The van der Waals surface area contributed by atoms with Gasteiger partial charge in [0.1, 0.15) is 0 Å². The second-order valence-electron chi connectivity index (χ2n) is 11.9. The van der Waals surface area contributed by atoms with E-state index in [1.165, 1.54) is 44.1 Å². The Morgan fingerprint density at radius 1 is 0.964 bits per heavy atom. The van der Waals surface area contributed by atoms with Crippen LogP contribution in [0.4, 0.5) is 0 Å². The van der Waals surface area contributed by atoms with Gasteiger partial charge in [0.15, 0.2) is 0 Å². The zero-order valence-electron chi connectivity index (χ0n) is 18.8. The number of hydrogen-bond donors (Lipinski definition) is 2. The van der Waals surface area contributed by atoms with Crippen molar-refractivity contribution in [3.63, 3.8) is 0 Å². The maximum Gasteiger partial charge on any atom is 0.0577 e. The van der Waals surface area contributed by atoms with Gasteiger partial charge in [-0.3, -0.25) is 0 Å². The SMILES string of the molecule is C=C(C)CC[C@@H](C)C1CC[C@H]2C3C[C@H](O)C4C[C@H](O)CCC4(C)[C@H]3CCC12C. The van der Waals surface area contributed by atoms with Crippen LogP contribution in [0.2, 0.25) is 0 Å². The third-order valence-corrected chi connectivity index (χ3v) is 10.4. The van der Waals surface area contributed by atoms with Crippen LogP contribution >= 0.6 is 0 Å². The van der Waals surface area contributed by atoms with E-state index in [2.05, 4.69) is 34.3 Å². The van der Waals surface area contributed by atoms with Crippen LogP contribution in [-0.2, 0) is 0 Å². The average Bonchev–Trinajstić information content (AvgIpc) is 2.99. The van der Waals surface area contributed by atoms with Crippen LogP contribution in [0.5, 0.6) is 0 Å². The molecule has 4 fully saturated rings. The van der Waals surface area contributed by atoms with E-state index in [1.54, 1.807) is 0 Å². The van der Waals surface area contributed by atoms with E-state index in [0.717, 1.165) is 49.4 Å². The highest BCUT2D eigenvalue weighted by Crippen LogP contribution is 2.68. The summed E-state index contributed by atoms with van der Waals surface area (Å²) in [5, 5.41) is 21.4. The van der Waals surface area contributed by atoms with Gasteiger partial charge in [-0.1, -0.05) is 26.3 Å². The average molecular weight is 389 g/mol. The lowest BCUT2D eigenvalue weighted by Gasteiger charge is -2.62. The number of allylic oxidation sites excluding steroid dienone is 1. The van der Waals surface area contributed by atoms with Crippen LogP contribution in [-0.4, -0.2) is 22.4 Å². The van der Waals surface area contributed by atoms with Crippen molar-refractivity contribution in [1.29, 1.82) is 0 Å². The molecule has 10 atom stereocenters. The number of hydrogen-bond acceptors (Lipinski definition) is 2. The van der Waals surface area contributed by atoms with Crippen molar-refractivity contribution in [3.05, 3.63) is 12.2 Å². The van der Waals surface area contributed by atoms with Crippen molar-refractivity contribution in [2.45, 2.75) is 104 Å². The van der Waals surface area contributed by atoms with E-state index in [0.29, 0.717) is 17.3 Å². The highest BCUT2D eigenvalue weighted by Gasteiger charge is 2.62. The molecule has 0 amide bonds. The zero-order chi connectivity index (χ0) is 20.3. The van der Waals surface area contributed by atoms with Gasteiger partial charge in [0, 0.05) is 0 Å². The molecule has 0 aliphatic heterocycles. The lowest BCUT2D eigenvalue weighted by molar-refractivity contribution is -0.172. The monoisotopic (exact) mass is 388 g/mol. The van der Waals surface area contributed by atoms with Crippen LogP contribution in [0.25, 0.3) is 0 Å². The quantitative estimate of drug-likeness (QED) is 0.583. The summed E-state index contributed by atoms with van der Waals surface area (Å²) in [7, 11) is 0. The summed E-state index contributed by atoms with van der Waals surface area (Å²) in [6, 6.07) is 0. The predicted molar refractivity (Wildman–Crippen MR) is 116 cm³/mol. The largest absolute Gasteiger partial charge is 0.393 e. The molecule has 4 aliphatic rings. The molecule has 5 unspecified atom stereocenters. The molecule has 160 valence electrons. The summed E-state index contributed by atoms with van der Waals surface area (Å²) in [6.07, 6.45) is 11.4. The summed E-state index contributed by atoms with van der Waals surface area (Å²) in [6.45, 7) is 13.8. The van der Waals surface area contributed by atoms with Crippen LogP contribution in [0.15, 0.2) is 12.2 Å². The Bertz CT molecular complexity index is 599. The summed E-state index contributed by atoms with van der Waals surface area (Å²) in [4.78, 5) is 0. The lowest BCUT2D eigenvalue weighted by atomic mass is 9.44. The molecule has 0 spiro atoms. The topological polar surface area (TPSA) is 40.5 Å². The van der Waals surface area contributed by atoms with E-state index >= 15 is 0 Å². The minimum Gasteiger partial charge on any atom is -0.393 e. The molecule has 0 aromatic carbocycles. The normalized spacial score (nSPS) is 51.7. The number of aliphatic hydroxyl groups excluding tert-OH is 2. The van der Waals surface area contributed by atoms with Crippen molar-refractivity contribution < 1.29 is 10.2 Å². The van der Waals surface area contributed by atoms with Crippen molar-refractivity contribution in [1.82, 2.24) is 0 Å². The Morgan fingerprint density at radius 2 is 1.64 bits per heavy atom. The summed E-state index contributed by atoms with van der Waals surface area (Å²) < 4.78 is 0. The van der Waals surface area contributed by atoms with Gasteiger partial charge < -0.3 is 10.2 Å². The lowest BCUT2D eigenvalue weighted by Crippen LogP contribution is -2.58. The Labute approximate surface area is 173 Å². The first-order valence-corrected chi connectivity index (χ1v) is 12.2. The zero-order valence-corrected chi connectivity index (χ0v) is 18.8. The first-order valence-electron chi connectivity index (χ1n) is 12.2. The first-order chi connectivity index (χ1) is 13.2. The molecule has 0 bridgehead atoms. The van der Waals surface area contributed by atoms with Crippen LogP contribution in [0.1, 0.15) is 91.9 Å². The standard InChI is InChI=1S/C26H44O2/c1-16(2)6-7-17(3)20-8-9-21-19-15-24(28)23-14-18(27)10-12-26(23,5)22(19)11-13-25(20,21)4/h17-24,27-28H,1,6-15H2,2-5H3/t17-,18-,19?,20?,21+,22+,23?,24+,25?,26?/m1/s1. The third-order valence-electron chi connectivity index (χ3n) is 10.4. The first kappa shape index (κ1) is 20.9. The van der Waals surface area contributed by atoms with Crippen LogP contribution in [0.3, 0.4) is 0 Å². The smallest absolute Gasteiger partial charge is 0.0577 e. The molecule has 0 radical (unpaired) electrons. The maximum absolute atomic E-state index is 11.1. The molecule has 4 saturated carbocycles. The van der Waals surface area contributed by atoms with Gasteiger partial charge in [-0.15, -0.1) is 6.58 Å². The maximum atomic E-state index is 11.1. The van der Waals surface area contributed by atoms with E-state index in [9.17, 15) is 10.2 Å². The second-order valence-corrected chi connectivity index (χ2v) is 11.9. The summed E-state index contributed by atoms with van der Waals surface area (Å²) in [5.74, 6) is 4.19. The molecular weight excluding hydrogens is 344 g/mol. The number of aliphatic hydroxyl groups is 2. The van der Waals surface area contributed by atoms with Gasteiger partial charge >= 0.3 is 0 Å². The molecule has 2 nitrogen and oxygen atoms in total. The van der Waals surface area contributed by atoms with Crippen LogP contribution < -0.4 is 0 Å². The van der Waals surface area contributed by atoms with Gasteiger partial charge in [-0.25, -0.2) is 0 Å². The molecule has 2 N–H and O–H groups in total. The third kappa shape index (κ3) is 3.22. The van der Waals surface area contributed by atoms with Gasteiger partial charge in [0.05, 0.1) is 12.2 Å². The van der Waals surface area contributed by atoms with Gasteiger partial charge in [0.2, 0.25) is 0 Å². The Morgan fingerprint density at radius 3 is 2.36 bits per heavy atom. The van der Waals surface area contributed by atoms with Crippen molar-refractivity contribution >= 4 is 0 Å². The van der Waals surface area contributed by atoms with Crippen molar-refractivity contribution in [3.8, 4) is 0 Å². The molecule has 28 heavy (non-hydrogen) atoms. The molecule has 2 heteroatoms. The fourth-order valence-corrected chi connectivity index (χ4v) is 8.93. The fraction of sp³-hybridized carbons (Fsp3) is 0.923. The number of rotatable bonds is 4. The predicted octanol–water partition coefficient (Wildman–Crippen LogP) is 5.97. The Kier molecular flexibility index (Phi) is 5.54. The molecule has 0 aromatic heterocycles. The van der Waals surface area contributed by atoms with E-state index in [1.807, 2.05) is 0 Å². The summed E-state index contributed by atoms with van der Waals surface area (Å²) >= 11 is 0. The van der Waals surface area contributed by atoms with Gasteiger partial charge in [-0.2, -0.15) is 0 Å². The van der Waals surface area contributed by atoms with Gasteiger partial charge in [-0.05, 0) is 117 Å². The van der Waals surface area contributed by atoms with Crippen molar-refractivity contribution in [2.24, 2.45) is 46.3 Å². The minimum atomic E-state index is -0.205. The summed E-state index contributed by atoms with van der Waals surface area (Å²) in [5.41, 5.74) is 2.03. The minimum absolute atomic E-state index is 0.192. The van der Waals surface area contributed by atoms with Gasteiger partial charge in [0.25, 0.3) is 0 Å². The highest BCUT2D eigenvalue weighted by atomic mass is 16.3. The van der Waals surface area contributed by atoms with E-state index < -0.39 is 0 Å². The number of fused-ring (bicyclic) bond motifs is 5. The van der Waals surface area contributed by atoms with E-state index in [4.69, 9.17) is 0 Å². The molecular formula is C26H44O2. The van der Waals surface area contributed by atoms with Crippen LogP contribution in [0, 0.1) is 46.3 Å². The molecule has 0 aromatic rings. The van der Waals surface area contributed by atoms with E-state index in [-0.39, 0.29) is 17.6 Å². The Hall–Kier alpha value is -0.340. The molecule has 4 aliphatic carbocycles. The molecule has 0 heterocycles. The molecule has 0 saturated heterocycles. The highest BCUT2D eigenvalue weighted by molar-refractivity contribution is 5.11. The van der Waals surface area contributed by atoms with Crippen molar-refractivity contribution in [2.75, 3.05) is 0 Å². The second kappa shape index (κ2) is 7.41. The Balaban J connectivity index is 1.55. The fourth-order valence-electron chi connectivity index (χ4n) is 8.93.